The number of aryl methyl sites for hydroxylation is 1. The van der Waals surface area contributed by atoms with Gasteiger partial charge in [-0.3, -0.25) is 0 Å². The summed E-state index contributed by atoms with van der Waals surface area (Å²) in [7, 11) is 0. The number of nitrogens with two attached hydrogens (primary N) is 1. The first-order valence-electron chi connectivity index (χ1n) is 6.24. The minimum Gasteiger partial charge on any atom is -0.368 e. The number of nitrogen functional groups attached to an aromatic ring is 1. The first kappa shape index (κ1) is 10.8. The molecule has 3 N–H and O–H groups in total. The highest BCUT2D eigenvalue weighted by molar-refractivity contribution is 5.52. The van der Waals surface area contributed by atoms with Crippen molar-refractivity contribution < 1.29 is 0 Å². The van der Waals surface area contributed by atoms with Crippen molar-refractivity contribution >= 4 is 11.8 Å². The van der Waals surface area contributed by atoms with Gasteiger partial charge in [0.1, 0.15) is 5.82 Å². The molecule has 1 aromatic heterocycles. The van der Waals surface area contributed by atoms with Crippen molar-refractivity contribution in [3.8, 4) is 0 Å². The maximum absolute atomic E-state index is 5.75. The lowest BCUT2D eigenvalue weighted by Gasteiger charge is -2.21. The number of nitrogens with zero attached hydrogens (tertiary/aromatic N) is 3. The summed E-state index contributed by atoms with van der Waals surface area (Å²) in [5, 5.41) is 3.55. The fourth-order valence-electron chi connectivity index (χ4n) is 2.96. The Labute approximate surface area is 101 Å². The first-order chi connectivity index (χ1) is 8.15. The van der Waals surface area contributed by atoms with Crippen LogP contribution in [0.1, 0.15) is 17.7 Å². The fraction of sp³-hybridized carbons (Fsp3) is 0.667. The Balaban J connectivity index is 1.90. The molecule has 0 radical (unpaired) electrons. The second-order valence-electron chi connectivity index (χ2n) is 5.13. The van der Waals surface area contributed by atoms with Crippen molar-refractivity contribution in [2.45, 2.75) is 26.3 Å². The molecule has 1 aromatic rings. The Bertz CT molecular complexity index is 433. The SMILES string of the molecule is Cc1nc(N)nc(N2C[C@H]3CCN[C@H]3C2)c1C. The molecule has 17 heavy (non-hydrogen) atoms. The third-order valence-corrected chi connectivity index (χ3v) is 4.04. The van der Waals surface area contributed by atoms with Crippen LogP contribution in [-0.2, 0) is 0 Å². The molecule has 5 nitrogen and oxygen atoms in total. The molecule has 0 bridgehead atoms. The fourth-order valence-corrected chi connectivity index (χ4v) is 2.96. The van der Waals surface area contributed by atoms with Gasteiger partial charge in [-0.15, -0.1) is 0 Å². The molecule has 5 heteroatoms. The largest absolute Gasteiger partial charge is 0.368 e. The van der Waals surface area contributed by atoms with E-state index in [1.807, 2.05) is 6.92 Å². The van der Waals surface area contributed by atoms with Gasteiger partial charge in [0.2, 0.25) is 5.95 Å². The van der Waals surface area contributed by atoms with Crippen molar-refractivity contribution in [1.82, 2.24) is 15.3 Å². The maximum Gasteiger partial charge on any atom is 0.222 e. The topological polar surface area (TPSA) is 67.1 Å². The van der Waals surface area contributed by atoms with Crippen LogP contribution in [0.2, 0.25) is 0 Å². The molecule has 2 fully saturated rings. The van der Waals surface area contributed by atoms with E-state index in [9.17, 15) is 0 Å². The van der Waals surface area contributed by atoms with Crippen LogP contribution in [0, 0.1) is 19.8 Å². The van der Waals surface area contributed by atoms with E-state index >= 15 is 0 Å². The van der Waals surface area contributed by atoms with Gasteiger partial charge >= 0.3 is 0 Å². The van der Waals surface area contributed by atoms with E-state index in [1.165, 1.54) is 6.42 Å². The lowest BCUT2D eigenvalue weighted by molar-refractivity contribution is 0.556. The summed E-state index contributed by atoms with van der Waals surface area (Å²) in [6.07, 6.45) is 1.28. The molecule has 0 spiro atoms. The quantitative estimate of drug-likeness (QED) is 0.738. The van der Waals surface area contributed by atoms with Gasteiger partial charge in [0.15, 0.2) is 0 Å². The predicted octanol–water partition coefficient (Wildman–Crippen LogP) is 0.474. The summed E-state index contributed by atoms with van der Waals surface area (Å²) in [4.78, 5) is 11.0. The maximum atomic E-state index is 5.75. The third-order valence-electron chi connectivity index (χ3n) is 4.04. The lowest BCUT2D eigenvalue weighted by atomic mass is 10.1. The second-order valence-corrected chi connectivity index (χ2v) is 5.13. The van der Waals surface area contributed by atoms with Gasteiger partial charge in [0.05, 0.1) is 0 Å². The predicted molar refractivity (Wildman–Crippen MR) is 68.0 cm³/mol. The monoisotopic (exact) mass is 233 g/mol. The number of aromatic nitrogens is 2. The summed E-state index contributed by atoms with van der Waals surface area (Å²) in [6.45, 7) is 7.36. The van der Waals surface area contributed by atoms with Gasteiger partial charge < -0.3 is 16.0 Å². The van der Waals surface area contributed by atoms with Crippen LogP contribution < -0.4 is 16.0 Å². The number of rotatable bonds is 1. The highest BCUT2D eigenvalue weighted by Crippen LogP contribution is 2.30. The van der Waals surface area contributed by atoms with Crippen LogP contribution in [0.15, 0.2) is 0 Å². The number of hydrogen-bond acceptors (Lipinski definition) is 5. The Morgan fingerprint density at radius 2 is 2.12 bits per heavy atom. The number of nitrogens with one attached hydrogen (secondary N) is 1. The molecule has 0 saturated carbocycles. The Morgan fingerprint density at radius 1 is 1.29 bits per heavy atom. The molecule has 3 rings (SSSR count). The van der Waals surface area contributed by atoms with Crippen LogP contribution >= 0.6 is 0 Å². The highest BCUT2D eigenvalue weighted by Gasteiger charge is 2.37. The molecule has 0 aromatic carbocycles. The first-order valence-corrected chi connectivity index (χ1v) is 6.24. The molecule has 92 valence electrons. The molecular formula is C12H19N5. The van der Waals surface area contributed by atoms with Crippen LogP contribution in [-0.4, -0.2) is 35.6 Å². The van der Waals surface area contributed by atoms with Gasteiger partial charge in [0.25, 0.3) is 0 Å². The van der Waals surface area contributed by atoms with Gasteiger partial charge in [-0.05, 0) is 32.7 Å². The van der Waals surface area contributed by atoms with Crippen molar-refractivity contribution in [3.63, 3.8) is 0 Å². The van der Waals surface area contributed by atoms with E-state index in [4.69, 9.17) is 5.73 Å². The zero-order chi connectivity index (χ0) is 12.0. The minimum atomic E-state index is 0.383. The van der Waals surface area contributed by atoms with Crippen molar-refractivity contribution in [3.05, 3.63) is 11.3 Å². The van der Waals surface area contributed by atoms with Gasteiger partial charge in [-0.1, -0.05) is 0 Å². The van der Waals surface area contributed by atoms with Gasteiger partial charge in [-0.25, -0.2) is 4.98 Å². The summed E-state index contributed by atoms with van der Waals surface area (Å²) in [5.74, 6) is 2.17. The highest BCUT2D eigenvalue weighted by atomic mass is 15.3. The van der Waals surface area contributed by atoms with E-state index in [-0.39, 0.29) is 0 Å². The molecule has 2 atom stereocenters. The van der Waals surface area contributed by atoms with E-state index in [0.717, 1.165) is 42.6 Å². The van der Waals surface area contributed by atoms with E-state index in [0.29, 0.717) is 12.0 Å². The molecule has 2 aliphatic rings. The molecule has 0 aliphatic carbocycles. The molecule has 2 aliphatic heterocycles. The molecule has 0 amide bonds. The third kappa shape index (κ3) is 1.74. The van der Waals surface area contributed by atoms with Crippen LogP contribution in [0.4, 0.5) is 11.8 Å². The van der Waals surface area contributed by atoms with Crippen molar-refractivity contribution in [2.24, 2.45) is 5.92 Å². The van der Waals surface area contributed by atoms with Crippen molar-refractivity contribution in [2.75, 3.05) is 30.3 Å². The Morgan fingerprint density at radius 3 is 2.88 bits per heavy atom. The van der Waals surface area contributed by atoms with Crippen LogP contribution in [0.25, 0.3) is 0 Å². The molecule has 3 heterocycles. The second kappa shape index (κ2) is 3.84. The molecule has 2 saturated heterocycles. The van der Waals surface area contributed by atoms with Crippen LogP contribution in [0.3, 0.4) is 0 Å². The summed E-state index contributed by atoms with van der Waals surface area (Å²) in [6, 6.07) is 0.630. The standard InChI is InChI=1S/C12H19N5/c1-7-8(2)15-12(13)16-11(7)17-5-9-3-4-14-10(9)6-17/h9-10,14H,3-6H2,1-2H3,(H2,13,15,16)/t9-,10+/m1/s1. The molecule has 0 unspecified atom stereocenters. The van der Waals surface area contributed by atoms with Gasteiger partial charge in [-0.2, -0.15) is 4.98 Å². The minimum absolute atomic E-state index is 0.383. The summed E-state index contributed by atoms with van der Waals surface area (Å²) >= 11 is 0. The average molecular weight is 233 g/mol. The van der Waals surface area contributed by atoms with E-state index in [2.05, 4.69) is 27.1 Å². The van der Waals surface area contributed by atoms with E-state index in [1.54, 1.807) is 0 Å². The van der Waals surface area contributed by atoms with Gasteiger partial charge in [0, 0.05) is 30.4 Å². The lowest BCUT2D eigenvalue weighted by Crippen LogP contribution is -2.31. The number of anilines is 2. The van der Waals surface area contributed by atoms with Crippen LogP contribution in [0.5, 0.6) is 0 Å². The van der Waals surface area contributed by atoms with Crippen molar-refractivity contribution in [1.29, 1.82) is 0 Å². The Kier molecular flexibility index (Phi) is 2.43. The molecular weight excluding hydrogens is 214 g/mol. The normalized spacial score (nSPS) is 27.5. The summed E-state index contributed by atoms with van der Waals surface area (Å²) in [5.41, 5.74) is 7.88. The average Bonchev–Trinajstić information content (AvgIpc) is 2.83. The van der Waals surface area contributed by atoms with E-state index < -0.39 is 0 Å². The number of fused-ring (bicyclic) bond motifs is 1. The number of hydrogen-bond donors (Lipinski definition) is 2. The zero-order valence-electron chi connectivity index (χ0n) is 10.4. The smallest absolute Gasteiger partial charge is 0.222 e. The Hall–Kier alpha value is -1.36. The zero-order valence-corrected chi connectivity index (χ0v) is 10.4. The summed E-state index contributed by atoms with van der Waals surface area (Å²) < 4.78 is 0.